The molecule has 1 aromatic rings. The fraction of sp³-hybridized carbons (Fsp3) is 0.455. The molecule has 0 amide bonds. The minimum Gasteiger partial charge on any atom is -0.209 e. The molecule has 0 aliphatic rings. The number of rotatable bonds is 6. The number of hydrogen-bond acceptors (Lipinski definition) is 2. The first-order chi connectivity index (χ1) is 8.39. The van der Waals surface area contributed by atoms with Crippen molar-refractivity contribution in [3.05, 3.63) is 29.8 Å². The first-order valence-electron chi connectivity index (χ1n) is 5.29. The van der Waals surface area contributed by atoms with Crippen LogP contribution in [0.4, 0.5) is 8.78 Å². The van der Waals surface area contributed by atoms with Gasteiger partial charge in [0.1, 0.15) is 0 Å². The first kappa shape index (κ1) is 15.5. The topological polar surface area (TPSA) is 37.4 Å². The first-order valence-corrected chi connectivity index (χ1v) is 7.85. The van der Waals surface area contributed by atoms with Crippen molar-refractivity contribution in [2.45, 2.75) is 18.2 Å². The fourth-order valence-corrected chi connectivity index (χ4v) is 3.85. The van der Waals surface area contributed by atoms with Gasteiger partial charge < -0.3 is 0 Å². The van der Waals surface area contributed by atoms with Gasteiger partial charge in [-0.1, -0.05) is 34.1 Å². The number of alkyl halides is 3. The Bertz CT molecular complexity index is 494. The number of sulfonamides is 1. The van der Waals surface area contributed by atoms with Crippen LogP contribution in [0.3, 0.4) is 0 Å². The van der Waals surface area contributed by atoms with Crippen molar-refractivity contribution >= 4 is 26.0 Å². The maximum Gasteiger partial charge on any atom is 0.252 e. The standard InChI is InChI=1S/C11H14BrF2NO2S/c1-9-4-2-3-5-10(9)18(16,17)15(7-6-12)8-11(13)14/h2-5,11H,6-8H2,1H3. The van der Waals surface area contributed by atoms with Crippen molar-refractivity contribution in [2.75, 3.05) is 18.4 Å². The molecule has 102 valence electrons. The molecule has 0 bridgehead atoms. The highest BCUT2D eigenvalue weighted by Gasteiger charge is 2.27. The summed E-state index contributed by atoms with van der Waals surface area (Å²) in [6, 6.07) is 6.35. The zero-order valence-corrected chi connectivity index (χ0v) is 12.2. The number of aryl methyl sites for hydroxylation is 1. The van der Waals surface area contributed by atoms with Gasteiger partial charge in [0.2, 0.25) is 10.0 Å². The molecule has 0 saturated carbocycles. The Morgan fingerprint density at radius 2 is 1.94 bits per heavy atom. The lowest BCUT2D eigenvalue weighted by Gasteiger charge is -2.21. The van der Waals surface area contributed by atoms with E-state index < -0.39 is 23.0 Å². The maximum atomic E-state index is 12.4. The lowest BCUT2D eigenvalue weighted by molar-refractivity contribution is 0.121. The molecule has 0 saturated heterocycles. The summed E-state index contributed by atoms with van der Waals surface area (Å²) in [6.45, 7) is 0.866. The molecule has 0 fully saturated rings. The van der Waals surface area contributed by atoms with Gasteiger partial charge in [-0.3, -0.25) is 0 Å². The van der Waals surface area contributed by atoms with Crippen LogP contribution < -0.4 is 0 Å². The maximum absolute atomic E-state index is 12.4. The van der Waals surface area contributed by atoms with E-state index in [1.807, 2.05) is 0 Å². The Balaban J connectivity index is 3.13. The third-order valence-electron chi connectivity index (χ3n) is 2.39. The minimum absolute atomic E-state index is 0.0149. The van der Waals surface area contributed by atoms with Crippen LogP contribution in [0.5, 0.6) is 0 Å². The van der Waals surface area contributed by atoms with Crippen molar-refractivity contribution in [2.24, 2.45) is 0 Å². The molecule has 1 rings (SSSR count). The summed E-state index contributed by atoms with van der Waals surface area (Å²) >= 11 is 3.07. The zero-order chi connectivity index (χ0) is 13.8. The van der Waals surface area contributed by atoms with Gasteiger partial charge in [-0.25, -0.2) is 17.2 Å². The van der Waals surface area contributed by atoms with Gasteiger partial charge in [0, 0.05) is 11.9 Å². The monoisotopic (exact) mass is 341 g/mol. The number of nitrogens with zero attached hydrogens (tertiary/aromatic N) is 1. The van der Waals surface area contributed by atoms with E-state index in [-0.39, 0.29) is 11.4 Å². The second-order valence-corrected chi connectivity index (χ2v) is 6.41. The third-order valence-corrected chi connectivity index (χ3v) is 4.77. The van der Waals surface area contributed by atoms with Crippen molar-refractivity contribution in [1.82, 2.24) is 4.31 Å². The summed E-state index contributed by atoms with van der Waals surface area (Å²) in [7, 11) is -3.87. The molecular formula is C11H14BrF2NO2S. The van der Waals surface area contributed by atoms with Crippen LogP contribution in [0.2, 0.25) is 0 Å². The van der Waals surface area contributed by atoms with E-state index in [0.717, 1.165) is 4.31 Å². The highest BCUT2D eigenvalue weighted by atomic mass is 79.9. The van der Waals surface area contributed by atoms with Crippen molar-refractivity contribution < 1.29 is 17.2 Å². The summed E-state index contributed by atoms with van der Waals surface area (Å²) in [5.74, 6) is 0. The Kier molecular flexibility index (Phi) is 5.68. The highest BCUT2D eigenvalue weighted by molar-refractivity contribution is 9.09. The van der Waals surface area contributed by atoms with E-state index in [4.69, 9.17) is 0 Å². The number of hydrogen-bond donors (Lipinski definition) is 0. The Hall–Kier alpha value is -0.530. The van der Waals surface area contributed by atoms with Crippen LogP contribution in [0.25, 0.3) is 0 Å². The van der Waals surface area contributed by atoms with Gasteiger partial charge in [-0.15, -0.1) is 0 Å². The van der Waals surface area contributed by atoms with E-state index in [1.165, 1.54) is 6.07 Å². The predicted octanol–water partition coefficient (Wildman–Crippen LogP) is 2.65. The van der Waals surface area contributed by atoms with Crippen LogP contribution in [-0.2, 0) is 10.0 Å². The van der Waals surface area contributed by atoms with Gasteiger partial charge in [0.15, 0.2) is 0 Å². The fourth-order valence-electron chi connectivity index (χ4n) is 1.54. The predicted molar refractivity (Wildman–Crippen MR) is 69.7 cm³/mol. The molecule has 0 heterocycles. The quantitative estimate of drug-likeness (QED) is 0.746. The Labute approximate surface area is 114 Å². The summed E-state index contributed by atoms with van der Waals surface area (Å²) in [5, 5.41) is 0.310. The van der Waals surface area contributed by atoms with E-state index in [9.17, 15) is 17.2 Å². The van der Waals surface area contributed by atoms with Crippen molar-refractivity contribution in [1.29, 1.82) is 0 Å². The molecule has 0 N–H and O–H groups in total. The van der Waals surface area contributed by atoms with E-state index in [0.29, 0.717) is 10.9 Å². The largest absolute Gasteiger partial charge is 0.252 e. The molecule has 0 unspecified atom stereocenters. The molecule has 0 spiro atoms. The Morgan fingerprint density at radius 3 is 2.44 bits per heavy atom. The highest BCUT2D eigenvalue weighted by Crippen LogP contribution is 2.20. The summed E-state index contributed by atoms with van der Waals surface area (Å²) in [4.78, 5) is 0.0756. The molecule has 1 aromatic carbocycles. The average molecular weight is 342 g/mol. The van der Waals surface area contributed by atoms with Crippen LogP contribution in [0.1, 0.15) is 5.56 Å². The van der Waals surface area contributed by atoms with Gasteiger partial charge >= 0.3 is 0 Å². The van der Waals surface area contributed by atoms with Crippen LogP contribution in [0, 0.1) is 6.92 Å². The molecular weight excluding hydrogens is 328 g/mol. The SMILES string of the molecule is Cc1ccccc1S(=O)(=O)N(CCBr)CC(F)F. The lowest BCUT2D eigenvalue weighted by atomic mass is 10.2. The van der Waals surface area contributed by atoms with Crippen LogP contribution in [0.15, 0.2) is 29.2 Å². The van der Waals surface area contributed by atoms with E-state index in [1.54, 1.807) is 25.1 Å². The zero-order valence-electron chi connectivity index (χ0n) is 9.81. The number of benzene rings is 1. The smallest absolute Gasteiger partial charge is 0.209 e. The molecule has 0 aliphatic heterocycles. The van der Waals surface area contributed by atoms with Crippen molar-refractivity contribution in [3.8, 4) is 0 Å². The molecule has 0 aliphatic carbocycles. The molecule has 0 atom stereocenters. The molecule has 7 heteroatoms. The number of halogens is 3. The van der Waals surface area contributed by atoms with Gasteiger partial charge in [0.05, 0.1) is 11.4 Å². The second kappa shape index (κ2) is 6.58. The second-order valence-electron chi connectivity index (χ2n) is 3.71. The molecule has 18 heavy (non-hydrogen) atoms. The summed E-state index contributed by atoms with van der Waals surface area (Å²) < 4.78 is 50.2. The average Bonchev–Trinajstić information content (AvgIpc) is 2.28. The van der Waals surface area contributed by atoms with Gasteiger partial charge in [-0.2, -0.15) is 4.31 Å². The normalized spacial score (nSPS) is 12.3. The van der Waals surface area contributed by atoms with Crippen molar-refractivity contribution in [3.63, 3.8) is 0 Å². The van der Waals surface area contributed by atoms with E-state index in [2.05, 4.69) is 15.9 Å². The molecule has 0 radical (unpaired) electrons. The lowest BCUT2D eigenvalue weighted by Crippen LogP contribution is -2.36. The van der Waals surface area contributed by atoms with Gasteiger partial charge in [-0.05, 0) is 18.6 Å². The molecule has 0 aromatic heterocycles. The summed E-state index contributed by atoms with van der Waals surface area (Å²) in [5.41, 5.74) is 0.548. The third kappa shape index (κ3) is 3.73. The summed E-state index contributed by atoms with van der Waals surface area (Å²) in [6.07, 6.45) is -2.69. The van der Waals surface area contributed by atoms with Gasteiger partial charge in [0.25, 0.3) is 6.43 Å². The van der Waals surface area contributed by atoms with Crippen LogP contribution in [-0.4, -0.2) is 37.6 Å². The van der Waals surface area contributed by atoms with Crippen LogP contribution >= 0.6 is 15.9 Å². The Morgan fingerprint density at radius 1 is 1.33 bits per heavy atom. The van der Waals surface area contributed by atoms with E-state index >= 15 is 0 Å². The molecule has 3 nitrogen and oxygen atoms in total. The minimum atomic E-state index is -3.87.